The molecule has 1 aliphatic heterocycles. The molecule has 0 aliphatic carbocycles. The van der Waals surface area contributed by atoms with Gasteiger partial charge in [0.05, 0.1) is 18.6 Å². The zero-order valence-electron chi connectivity index (χ0n) is 7.86. The van der Waals surface area contributed by atoms with Gasteiger partial charge < -0.3 is 9.47 Å². The van der Waals surface area contributed by atoms with Crippen LogP contribution in [0, 0.1) is 0 Å². The lowest BCUT2D eigenvalue weighted by atomic mass is 10.1. The number of alkyl halides is 1. The molecule has 2 unspecified atom stereocenters. The van der Waals surface area contributed by atoms with E-state index in [4.69, 9.17) is 21.1 Å². The molecule has 1 aromatic carbocycles. The zero-order chi connectivity index (χ0) is 9.80. The van der Waals surface area contributed by atoms with E-state index < -0.39 is 0 Å². The van der Waals surface area contributed by atoms with Gasteiger partial charge in [0, 0.05) is 6.42 Å². The van der Waals surface area contributed by atoms with Crippen molar-refractivity contribution in [1.82, 2.24) is 0 Å². The summed E-state index contributed by atoms with van der Waals surface area (Å²) in [6, 6.07) is 10.2. The third kappa shape index (κ3) is 2.47. The number of hydrogen-bond acceptors (Lipinski definition) is 2. The summed E-state index contributed by atoms with van der Waals surface area (Å²) in [6.07, 6.45) is 0.736. The average molecular weight is 213 g/mol. The first-order valence-electron chi connectivity index (χ1n) is 4.75. The summed E-state index contributed by atoms with van der Waals surface area (Å²) in [7, 11) is 0. The first-order valence-corrected chi connectivity index (χ1v) is 5.29. The molecule has 2 rings (SSSR count). The maximum Gasteiger partial charge on any atom is 0.162 e. The molecule has 14 heavy (non-hydrogen) atoms. The summed E-state index contributed by atoms with van der Waals surface area (Å²) in [5.74, 6) is 0.505. The van der Waals surface area contributed by atoms with Gasteiger partial charge in [-0.2, -0.15) is 0 Å². The van der Waals surface area contributed by atoms with Gasteiger partial charge in [-0.15, -0.1) is 11.6 Å². The highest BCUT2D eigenvalue weighted by Crippen LogP contribution is 2.16. The molecule has 1 aliphatic rings. The van der Waals surface area contributed by atoms with Crippen molar-refractivity contribution in [1.29, 1.82) is 0 Å². The number of ether oxygens (including phenoxy) is 2. The van der Waals surface area contributed by atoms with Crippen LogP contribution in [0.5, 0.6) is 0 Å². The van der Waals surface area contributed by atoms with E-state index in [1.807, 2.05) is 18.2 Å². The molecule has 2 nitrogen and oxygen atoms in total. The van der Waals surface area contributed by atoms with Crippen LogP contribution >= 0.6 is 11.6 Å². The monoisotopic (exact) mass is 212 g/mol. The van der Waals surface area contributed by atoms with Gasteiger partial charge in [-0.1, -0.05) is 30.3 Å². The molecule has 0 saturated carbocycles. The predicted molar refractivity (Wildman–Crippen MR) is 55.5 cm³/mol. The van der Waals surface area contributed by atoms with Crippen LogP contribution in [0.4, 0.5) is 0 Å². The number of halogens is 1. The Labute approximate surface area is 88.8 Å². The minimum atomic E-state index is -0.124. The third-order valence-corrected chi connectivity index (χ3v) is 2.57. The Morgan fingerprint density at radius 2 is 2.07 bits per heavy atom. The predicted octanol–water partition coefficient (Wildman–Crippen LogP) is 2.21. The molecule has 0 aromatic heterocycles. The second-order valence-electron chi connectivity index (χ2n) is 3.37. The second-order valence-corrected chi connectivity index (χ2v) is 3.67. The van der Waals surface area contributed by atoms with Crippen LogP contribution in [0.25, 0.3) is 0 Å². The fourth-order valence-electron chi connectivity index (χ4n) is 1.50. The number of rotatable bonds is 3. The van der Waals surface area contributed by atoms with Gasteiger partial charge in [0.2, 0.25) is 0 Å². The van der Waals surface area contributed by atoms with Gasteiger partial charge in [-0.25, -0.2) is 0 Å². The van der Waals surface area contributed by atoms with E-state index in [2.05, 4.69) is 12.1 Å². The van der Waals surface area contributed by atoms with Crippen molar-refractivity contribution in [3.8, 4) is 0 Å². The number of hydrogen-bond donors (Lipinski definition) is 0. The summed E-state index contributed by atoms with van der Waals surface area (Å²) >= 11 is 5.67. The van der Waals surface area contributed by atoms with E-state index >= 15 is 0 Å². The van der Waals surface area contributed by atoms with E-state index in [1.54, 1.807) is 0 Å². The van der Waals surface area contributed by atoms with Gasteiger partial charge in [0.25, 0.3) is 0 Å². The maximum atomic E-state index is 5.67. The molecule has 0 bridgehead atoms. The highest BCUT2D eigenvalue weighted by Gasteiger charge is 2.24. The molecule has 76 valence electrons. The van der Waals surface area contributed by atoms with E-state index in [0.717, 1.165) is 6.42 Å². The molecule has 0 amide bonds. The second kappa shape index (κ2) is 4.78. The average Bonchev–Trinajstić information content (AvgIpc) is 2.67. The molecule has 1 saturated heterocycles. The highest BCUT2D eigenvalue weighted by atomic mass is 35.5. The maximum absolute atomic E-state index is 5.67. The highest BCUT2D eigenvalue weighted by molar-refractivity contribution is 6.18. The first-order chi connectivity index (χ1) is 6.88. The van der Waals surface area contributed by atoms with Crippen LogP contribution in [-0.2, 0) is 15.9 Å². The molecular weight excluding hydrogens is 200 g/mol. The summed E-state index contributed by atoms with van der Waals surface area (Å²) in [5, 5.41) is 0. The summed E-state index contributed by atoms with van der Waals surface area (Å²) in [6.45, 7) is 0.612. The summed E-state index contributed by atoms with van der Waals surface area (Å²) in [4.78, 5) is 0. The molecule has 1 aromatic rings. The minimum absolute atomic E-state index is 0.0605. The Balaban J connectivity index is 1.88. The smallest absolute Gasteiger partial charge is 0.162 e. The zero-order valence-corrected chi connectivity index (χ0v) is 8.61. The Bertz CT molecular complexity index is 276. The van der Waals surface area contributed by atoms with Gasteiger partial charge in [-0.3, -0.25) is 0 Å². The molecule has 0 N–H and O–H groups in total. The standard InChI is InChI=1S/C11H13ClO2/c12-7-10-8-13-11(14-10)6-9-4-2-1-3-5-9/h1-5,10-11H,6-8H2. The van der Waals surface area contributed by atoms with Crippen LogP contribution in [0.3, 0.4) is 0 Å². The van der Waals surface area contributed by atoms with Crippen molar-refractivity contribution in [3.63, 3.8) is 0 Å². The lowest BCUT2D eigenvalue weighted by Crippen LogP contribution is -2.15. The van der Waals surface area contributed by atoms with Crippen LogP contribution in [0.2, 0.25) is 0 Å². The van der Waals surface area contributed by atoms with Crippen molar-refractivity contribution in [3.05, 3.63) is 35.9 Å². The lowest BCUT2D eigenvalue weighted by molar-refractivity contribution is -0.0523. The molecular formula is C11H13ClO2. The van der Waals surface area contributed by atoms with E-state index in [-0.39, 0.29) is 12.4 Å². The van der Waals surface area contributed by atoms with Gasteiger partial charge in [0.15, 0.2) is 6.29 Å². The Morgan fingerprint density at radius 1 is 1.29 bits per heavy atom. The van der Waals surface area contributed by atoms with Crippen molar-refractivity contribution in [2.45, 2.75) is 18.8 Å². The normalized spacial score (nSPS) is 26.6. The molecule has 3 heteroatoms. The van der Waals surface area contributed by atoms with E-state index in [9.17, 15) is 0 Å². The first kappa shape index (κ1) is 9.97. The van der Waals surface area contributed by atoms with Crippen molar-refractivity contribution in [2.75, 3.05) is 12.5 Å². The summed E-state index contributed by atoms with van der Waals surface area (Å²) in [5.41, 5.74) is 1.23. The largest absolute Gasteiger partial charge is 0.350 e. The SMILES string of the molecule is ClCC1COC(Cc2ccccc2)O1. The van der Waals surface area contributed by atoms with E-state index in [1.165, 1.54) is 5.56 Å². The van der Waals surface area contributed by atoms with E-state index in [0.29, 0.717) is 12.5 Å². The third-order valence-electron chi connectivity index (χ3n) is 2.23. The quantitative estimate of drug-likeness (QED) is 0.716. The van der Waals surface area contributed by atoms with Crippen molar-refractivity contribution < 1.29 is 9.47 Å². The van der Waals surface area contributed by atoms with Gasteiger partial charge in [0.1, 0.15) is 0 Å². The molecule has 1 fully saturated rings. The lowest BCUT2D eigenvalue weighted by Gasteiger charge is -2.09. The molecule has 0 spiro atoms. The minimum Gasteiger partial charge on any atom is -0.350 e. The fourth-order valence-corrected chi connectivity index (χ4v) is 1.66. The Hall–Kier alpha value is -0.570. The number of benzene rings is 1. The Kier molecular flexibility index (Phi) is 3.40. The van der Waals surface area contributed by atoms with Gasteiger partial charge >= 0.3 is 0 Å². The topological polar surface area (TPSA) is 18.5 Å². The summed E-state index contributed by atoms with van der Waals surface area (Å²) < 4.78 is 11.0. The van der Waals surface area contributed by atoms with Crippen LogP contribution in [0.15, 0.2) is 30.3 Å². The Morgan fingerprint density at radius 3 is 2.71 bits per heavy atom. The van der Waals surface area contributed by atoms with Gasteiger partial charge in [-0.05, 0) is 5.56 Å². The molecule has 1 heterocycles. The fraction of sp³-hybridized carbons (Fsp3) is 0.455. The van der Waals surface area contributed by atoms with Crippen molar-refractivity contribution >= 4 is 11.6 Å². The van der Waals surface area contributed by atoms with Crippen LogP contribution < -0.4 is 0 Å². The van der Waals surface area contributed by atoms with Crippen molar-refractivity contribution in [2.24, 2.45) is 0 Å². The van der Waals surface area contributed by atoms with Crippen LogP contribution in [-0.4, -0.2) is 24.9 Å². The molecule has 2 atom stereocenters. The van der Waals surface area contributed by atoms with Crippen LogP contribution in [0.1, 0.15) is 5.56 Å². The molecule has 0 radical (unpaired) electrons.